The van der Waals surface area contributed by atoms with Gasteiger partial charge in [-0.15, -0.1) is 0 Å². The van der Waals surface area contributed by atoms with E-state index < -0.39 is 0 Å². The first kappa shape index (κ1) is 9.36. The highest BCUT2D eigenvalue weighted by atomic mass is 35.5. The molecule has 1 amide bonds. The summed E-state index contributed by atoms with van der Waals surface area (Å²) in [6.45, 7) is 1.42. The zero-order valence-corrected chi connectivity index (χ0v) is 7.91. The van der Waals surface area contributed by atoms with Gasteiger partial charge in [-0.1, -0.05) is 23.2 Å². The van der Waals surface area contributed by atoms with Gasteiger partial charge >= 0.3 is 0 Å². The van der Waals surface area contributed by atoms with Gasteiger partial charge in [0.25, 0.3) is 0 Å². The highest BCUT2D eigenvalue weighted by Crippen LogP contribution is 2.24. The van der Waals surface area contributed by atoms with Crippen LogP contribution in [0.15, 0.2) is 18.2 Å². The predicted octanol–water partition coefficient (Wildman–Crippen LogP) is 2.95. The van der Waals surface area contributed by atoms with Gasteiger partial charge in [-0.3, -0.25) is 4.79 Å². The van der Waals surface area contributed by atoms with E-state index in [1.807, 2.05) is 0 Å². The number of carbonyl (C=O) groups excluding carboxylic acids is 1. The fourth-order valence-corrected chi connectivity index (χ4v) is 1.24. The maximum Gasteiger partial charge on any atom is 0.221 e. The second kappa shape index (κ2) is 3.78. The molecule has 12 heavy (non-hydrogen) atoms. The molecule has 0 unspecified atom stereocenters. The Labute approximate surface area is 80.5 Å². The van der Waals surface area contributed by atoms with Crippen molar-refractivity contribution in [1.82, 2.24) is 0 Å². The van der Waals surface area contributed by atoms with Crippen molar-refractivity contribution in [1.29, 1.82) is 0 Å². The number of hydrogen-bond acceptors (Lipinski definition) is 1. The van der Waals surface area contributed by atoms with Gasteiger partial charge in [0.05, 0.1) is 10.7 Å². The average molecular weight is 216 g/mol. The largest absolute Gasteiger partial charge is 0.325 e. The van der Waals surface area contributed by atoms with E-state index in [-0.39, 0.29) is 5.91 Å². The zero-order valence-electron chi connectivity index (χ0n) is 6.40. The maximum absolute atomic E-state index is 10.6. The van der Waals surface area contributed by atoms with Gasteiger partial charge in [0.1, 0.15) is 0 Å². The van der Waals surface area contributed by atoms with Crippen molar-refractivity contribution in [3.8, 4) is 0 Å². The lowest BCUT2D eigenvalue weighted by Gasteiger charge is -2.03. The van der Waals surface area contributed by atoms with E-state index >= 15 is 0 Å². The molecule has 64 valence electrons. The van der Waals surface area contributed by atoms with Gasteiger partial charge in [-0.05, 0) is 18.2 Å². The SMILES string of the molecule is CC(=O)N[14c]1[14cH][14cH][14c](Cl)[14cH][14c]1Cl. The lowest BCUT2D eigenvalue weighted by Crippen LogP contribution is -2.05. The molecule has 2 nitrogen and oxygen atoms in total. The van der Waals surface area contributed by atoms with Gasteiger partial charge in [0.15, 0.2) is 0 Å². The quantitative estimate of drug-likeness (QED) is 0.767. The van der Waals surface area contributed by atoms with Crippen LogP contribution >= 0.6 is 23.2 Å². The number of halogens is 2. The Balaban J connectivity index is 2.93. The Hall–Kier alpha value is -0.730. The third kappa shape index (κ3) is 2.40. The first-order valence-corrected chi connectivity index (χ1v) is 4.08. The van der Waals surface area contributed by atoms with E-state index in [1.54, 1.807) is 18.2 Å². The Morgan fingerprint density at radius 1 is 1.42 bits per heavy atom. The summed E-state index contributed by atoms with van der Waals surface area (Å²) in [5.74, 6) is -0.153. The zero-order chi connectivity index (χ0) is 9.14. The number of amides is 1. The molecule has 1 aromatic carbocycles. The van der Waals surface area contributed by atoms with Crippen molar-refractivity contribution in [3.05, 3.63) is 28.2 Å². The molecule has 0 aromatic heterocycles. The lowest BCUT2D eigenvalue weighted by molar-refractivity contribution is -0.114. The first-order chi connectivity index (χ1) is 5.59. The number of benzene rings is 1. The minimum Gasteiger partial charge on any atom is -0.325 e. The van der Waals surface area contributed by atoms with E-state index in [0.717, 1.165) is 0 Å². The highest BCUT2D eigenvalue weighted by Gasteiger charge is 2.01. The van der Waals surface area contributed by atoms with E-state index in [0.29, 0.717) is 15.7 Å². The number of hydrogen-bond donors (Lipinski definition) is 1. The summed E-state index contributed by atoms with van der Waals surface area (Å²) in [6.07, 6.45) is 0. The number of carbonyl (C=O) groups is 1. The Bertz CT molecular complexity index is 312. The van der Waals surface area contributed by atoms with Crippen molar-refractivity contribution < 1.29 is 4.79 Å². The van der Waals surface area contributed by atoms with Crippen LogP contribution in [0.5, 0.6) is 0 Å². The first-order valence-electron chi connectivity index (χ1n) is 3.32. The molecule has 1 N–H and O–H groups in total. The van der Waals surface area contributed by atoms with Gasteiger partial charge in [-0.25, -0.2) is 0 Å². The van der Waals surface area contributed by atoms with E-state index in [9.17, 15) is 4.79 Å². The van der Waals surface area contributed by atoms with Crippen LogP contribution < -0.4 is 5.32 Å². The second-order valence-electron chi connectivity index (χ2n) is 2.31. The average Bonchev–Trinajstić information content (AvgIpc) is 1.94. The minimum absolute atomic E-state index is 0.153. The Morgan fingerprint density at radius 3 is 2.58 bits per heavy atom. The topological polar surface area (TPSA) is 29.1 Å². The third-order valence-corrected chi connectivity index (χ3v) is 1.79. The molecule has 0 spiro atoms. The van der Waals surface area contributed by atoms with E-state index in [1.165, 1.54) is 6.92 Å². The second-order valence-corrected chi connectivity index (χ2v) is 3.15. The van der Waals surface area contributed by atoms with Crippen LogP contribution in [0, 0.1) is 0 Å². The smallest absolute Gasteiger partial charge is 0.221 e. The van der Waals surface area contributed by atoms with Gasteiger partial charge in [0, 0.05) is 11.9 Å². The molecule has 0 saturated heterocycles. The summed E-state index contributed by atoms with van der Waals surface area (Å²) in [7, 11) is 0. The van der Waals surface area contributed by atoms with Crippen LogP contribution in [-0.2, 0) is 4.79 Å². The van der Waals surface area contributed by atoms with Crippen LogP contribution in [0.3, 0.4) is 0 Å². The summed E-state index contributed by atoms with van der Waals surface area (Å²) in [6, 6.07) is 4.90. The Kier molecular flexibility index (Phi) is 2.95. The molecule has 0 aliphatic heterocycles. The van der Waals surface area contributed by atoms with Crippen LogP contribution in [0.25, 0.3) is 0 Å². The fraction of sp³-hybridized carbons (Fsp3) is 0.125. The number of nitrogens with one attached hydrogen (secondary N) is 1. The number of anilines is 1. The van der Waals surface area contributed by atoms with Crippen molar-refractivity contribution in [2.75, 3.05) is 5.32 Å². The molecule has 0 atom stereocenters. The summed E-state index contributed by atoms with van der Waals surface area (Å²) in [5, 5.41) is 3.56. The third-order valence-electron chi connectivity index (χ3n) is 1.24. The molecule has 0 aliphatic rings. The Morgan fingerprint density at radius 2 is 2.08 bits per heavy atom. The van der Waals surface area contributed by atoms with Crippen molar-refractivity contribution in [3.63, 3.8) is 0 Å². The van der Waals surface area contributed by atoms with Crippen LogP contribution in [0.1, 0.15) is 6.92 Å². The minimum atomic E-state index is -0.153. The molecule has 0 saturated carbocycles. The normalized spacial score (nSPS) is 9.58. The summed E-state index contributed by atoms with van der Waals surface area (Å²) in [4.78, 5) is 10.6. The summed E-state index contributed by atoms with van der Waals surface area (Å²) >= 11 is 11.4. The summed E-state index contributed by atoms with van der Waals surface area (Å²) in [5.41, 5.74) is 0.577. The lowest BCUT2D eigenvalue weighted by atomic mass is 10.8. The standard InChI is InChI=1S/C8H7Cl2NO/c1-5(12)11-8-3-2-6(9)4-7(8)10/h2-4H,1H3,(H,11,12)/i2+2,3+2,4+2,6+2,7+2,8+2. The maximum atomic E-state index is 10.6. The number of rotatable bonds is 1. The van der Waals surface area contributed by atoms with Gasteiger partial charge in [0.2, 0.25) is 5.91 Å². The van der Waals surface area contributed by atoms with Crippen LogP contribution in [0.2, 0.25) is 10.0 Å². The van der Waals surface area contributed by atoms with E-state index in [4.69, 9.17) is 23.2 Å². The monoisotopic (exact) mass is 215 g/mol. The van der Waals surface area contributed by atoms with E-state index in [2.05, 4.69) is 5.32 Å². The molecule has 0 heterocycles. The predicted molar refractivity (Wildman–Crippen MR) is 50.8 cm³/mol. The van der Waals surface area contributed by atoms with Crippen molar-refractivity contribution in [2.24, 2.45) is 0 Å². The van der Waals surface area contributed by atoms with Crippen LogP contribution in [0.4, 0.5) is 5.69 Å². The molecule has 0 bridgehead atoms. The molecular weight excluding hydrogens is 209 g/mol. The summed E-state index contributed by atoms with van der Waals surface area (Å²) < 4.78 is 0. The van der Waals surface area contributed by atoms with Gasteiger partial charge in [-0.2, -0.15) is 0 Å². The highest BCUT2D eigenvalue weighted by molar-refractivity contribution is 6.36. The molecule has 0 fully saturated rings. The fourth-order valence-electron chi connectivity index (χ4n) is 0.780. The van der Waals surface area contributed by atoms with Crippen molar-refractivity contribution in [2.45, 2.75) is 6.92 Å². The molecule has 1 rings (SSSR count). The molecule has 4 heteroatoms. The molecule has 1 aromatic rings. The van der Waals surface area contributed by atoms with Gasteiger partial charge < -0.3 is 5.32 Å². The molecule has 0 radical (unpaired) electrons. The molecule has 0 aliphatic carbocycles. The van der Waals surface area contributed by atoms with Crippen LogP contribution in [-0.4, -0.2) is 5.91 Å². The van der Waals surface area contributed by atoms with Crippen molar-refractivity contribution >= 4 is 34.8 Å². The molecular formula is C8H7Cl2NO.